The SMILES string of the molecule is CC(C)(C)Oc1ccc(C(=O)c2ccc(N3c4ccccc4Oc4ccccc43)cc2)cc1. The van der Waals surface area contributed by atoms with E-state index in [-0.39, 0.29) is 11.4 Å². The molecule has 0 spiro atoms. The van der Waals surface area contributed by atoms with Gasteiger partial charge in [-0.25, -0.2) is 0 Å². The van der Waals surface area contributed by atoms with Crippen LogP contribution in [0.15, 0.2) is 97.1 Å². The van der Waals surface area contributed by atoms with Gasteiger partial charge >= 0.3 is 0 Å². The van der Waals surface area contributed by atoms with Crippen LogP contribution in [-0.2, 0) is 0 Å². The normalized spacial score (nSPS) is 12.4. The molecule has 164 valence electrons. The van der Waals surface area contributed by atoms with Crippen molar-refractivity contribution in [2.24, 2.45) is 0 Å². The van der Waals surface area contributed by atoms with Crippen molar-refractivity contribution in [1.29, 1.82) is 0 Å². The maximum absolute atomic E-state index is 13.1. The molecular weight excluding hydrogens is 410 g/mol. The van der Waals surface area contributed by atoms with Crippen LogP contribution in [-0.4, -0.2) is 11.4 Å². The number of hydrogen-bond donors (Lipinski definition) is 0. The largest absolute Gasteiger partial charge is 0.488 e. The van der Waals surface area contributed by atoms with E-state index in [9.17, 15) is 4.79 Å². The third-order valence-corrected chi connectivity index (χ3v) is 5.36. The number of carbonyl (C=O) groups is 1. The Morgan fingerprint density at radius 3 is 1.70 bits per heavy atom. The number of fused-ring (bicyclic) bond motifs is 2. The van der Waals surface area contributed by atoms with Crippen molar-refractivity contribution in [3.05, 3.63) is 108 Å². The molecule has 4 aromatic carbocycles. The van der Waals surface area contributed by atoms with Crippen molar-refractivity contribution in [3.8, 4) is 17.2 Å². The van der Waals surface area contributed by atoms with Crippen LogP contribution in [0.1, 0.15) is 36.7 Å². The van der Waals surface area contributed by atoms with Crippen LogP contribution in [0.3, 0.4) is 0 Å². The van der Waals surface area contributed by atoms with Gasteiger partial charge in [-0.05, 0) is 93.6 Å². The molecule has 4 heteroatoms. The first-order valence-corrected chi connectivity index (χ1v) is 11.0. The van der Waals surface area contributed by atoms with E-state index in [1.54, 1.807) is 0 Å². The second-order valence-electron chi connectivity index (χ2n) is 8.99. The molecule has 4 nitrogen and oxygen atoms in total. The van der Waals surface area contributed by atoms with Crippen molar-refractivity contribution >= 4 is 22.8 Å². The van der Waals surface area contributed by atoms with Gasteiger partial charge in [0.2, 0.25) is 0 Å². The van der Waals surface area contributed by atoms with Gasteiger partial charge < -0.3 is 14.4 Å². The summed E-state index contributed by atoms with van der Waals surface area (Å²) in [4.78, 5) is 15.2. The van der Waals surface area contributed by atoms with Crippen LogP contribution in [0.4, 0.5) is 17.1 Å². The second kappa shape index (κ2) is 8.14. The van der Waals surface area contributed by atoms with Gasteiger partial charge in [0.25, 0.3) is 0 Å². The molecule has 1 aliphatic rings. The lowest BCUT2D eigenvalue weighted by Crippen LogP contribution is -2.22. The van der Waals surface area contributed by atoms with E-state index in [0.29, 0.717) is 11.1 Å². The van der Waals surface area contributed by atoms with Gasteiger partial charge in [0.1, 0.15) is 11.4 Å². The molecular formula is C29H25NO3. The highest BCUT2D eigenvalue weighted by atomic mass is 16.5. The Hall–Kier alpha value is -4.05. The molecule has 0 radical (unpaired) electrons. The summed E-state index contributed by atoms with van der Waals surface area (Å²) < 4.78 is 11.9. The van der Waals surface area contributed by atoms with E-state index < -0.39 is 0 Å². The molecule has 1 aliphatic heterocycles. The van der Waals surface area contributed by atoms with E-state index in [1.807, 2.05) is 118 Å². The van der Waals surface area contributed by atoms with Crippen molar-refractivity contribution in [2.75, 3.05) is 4.90 Å². The lowest BCUT2D eigenvalue weighted by atomic mass is 10.0. The van der Waals surface area contributed by atoms with Gasteiger partial charge in [0.15, 0.2) is 17.3 Å². The predicted octanol–water partition coefficient (Wildman–Crippen LogP) is 7.67. The summed E-state index contributed by atoms with van der Waals surface area (Å²) in [7, 11) is 0. The number of benzene rings is 4. The monoisotopic (exact) mass is 435 g/mol. The summed E-state index contributed by atoms with van der Waals surface area (Å²) in [6, 6.07) is 30.9. The first kappa shape index (κ1) is 20.8. The van der Waals surface area contributed by atoms with Gasteiger partial charge in [-0.15, -0.1) is 0 Å². The quantitative estimate of drug-likeness (QED) is 0.272. The number of nitrogens with zero attached hydrogens (tertiary/aromatic N) is 1. The molecule has 0 unspecified atom stereocenters. The summed E-state index contributed by atoms with van der Waals surface area (Å²) in [5.41, 5.74) is 3.88. The molecule has 5 rings (SSSR count). The molecule has 0 aromatic heterocycles. The van der Waals surface area contributed by atoms with Crippen molar-refractivity contribution in [2.45, 2.75) is 26.4 Å². The van der Waals surface area contributed by atoms with Crippen LogP contribution >= 0.6 is 0 Å². The minimum atomic E-state index is -0.280. The smallest absolute Gasteiger partial charge is 0.193 e. The summed E-state index contributed by atoms with van der Waals surface area (Å²) in [6.45, 7) is 6.00. The number of ether oxygens (including phenoxy) is 2. The summed E-state index contributed by atoms with van der Waals surface area (Å²) in [5.74, 6) is 2.33. The van der Waals surface area contributed by atoms with E-state index in [2.05, 4.69) is 4.90 Å². The fourth-order valence-electron chi connectivity index (χ4n) is 3.94. The highest BCUT2D eigenvalue weighted by molar-refractivity contribution is 6.09. The van der Waals surface area contributed by atoms with Gasteiger partial charge in [-0.1, -0.05) is 24.3 Å². The Labute approximate surface area is 194 Å². The summed E-state index contributed by atoms with van der Waals surface area (Å²) >= 11 is 0. The maximum atomic E-state index is 13.1. The molecule has 0 aliphatic carbocycles. The third kappa shape index (κ3) is 4.20. The van der Waals surface area contributed by atoms with E-state index in [0.717, 1.165) is 34.3 Å². The number of rotatable bonds is 4. The van der Waals surface area contributed by atoms with Crippen molar-refractivity contribution < 1.29 is 14.3 Å². The Kier molecular flexibility index (Phi) is 5.14. The van der Waals surface area contributed by atoms with Crippen LogP contribution < -0.4 is 14.4 Å². The van der Waals surface area contributed by atoms with E-state index in [4.69, 9.17) is 9.47 Å². The average molecular weight is 436 g/mol. The molecule has 0 amide bonds. The number of hydrogen-bond acceptors (Lipinski definition) is 4. The fourth-order valence-corrected chi connectivity index (χ4v) is 3.94. The van der Waals surface area contributed by atoms with Crippen LogP contribution in [0.5, 0.6) is 17.2 Å². The maximum Gasteiger partial charge on any atom is 0.193 e. The lowest BCUT2D eigenvalue weighted by molar-refractivity contribution is 0.103. The molecule has 33 heavy (non-hydrogen) atoms. The van der Waals surface area contributed by atoms with Gasteiger partial charge in [-0.2, -0.15) is 0 Å². The summed E-state index contributed by atoms with van der Waals surface area (Å²) in [6.07, 6.45) is 0. The van der Waals surface area contributed by atoms with Gasteiger partial charge in [0, 0.05) is 16.8 Å². The molecule has 0 atom stereocenters. The first-order valence-electron chi connectivity index (χ1n) is 11.0. The molecule has 1 heterocycles. The van der Waals surface area contributed by atoms with Crippen LogP contribution in [0, 0.1) is 0 Å². The minimum Gasteiger partial charge on any atom is -0.488 e. The molecule has 0 N–H and O–H groups in total. The zero-order valence-electron chi connectivity index (χ0n) is 18.9. The average Bonchev–Trinajstić information content (AvgIpc) is 2.82. The highest BCUT2D eigenvalue weighted by Crippen LogP contribution is 2.49. The zero-order chi connectivity index (χ0) is 23.0. The lowest BCUT2D eigenvalue weighted by Gasteiger charge is -2.32. The molecule has 0 fully saturated rings. The van der Waals surface area contributed by atoms with Crippen LogP contribution in [0.25, 0.3) is 0 Å². The Balaban J connectivity index is 1.43. The third-order valence-electron chi connectivity index (χ3n) is 5.36. The number of carbonyl (C=O) groups excluding carboxylic acids is 1. The molecule has 4 aromatic rings. The first-order chi connectivity index (χ1) is 15.9. The van der Waals surface area contributed by atoms with E-state index in [1.165, 1.54) is 0 Å². The molecule has 0 saturated carbocycles. The number of para-hydroxylation sites is 4. The minimum absolute atomic E-state index is 0.0216. The highest BCUT2D eigenvalue weighted by Gasteiger charge is 2.25. The Morgan fingerprint density at radius 1 is 0.697 bits per heavy atom. The topological polar surface area (TPSA) is 38.8 Å². The van der Waals surface area contributed by atoms with Crippen LogP contribution in [0.2, 0.25) is 0 Å². The molecule has 0 saturated heterocycles. The Morgan fingerprint density at radius 2 is 1.18 bits per heavy atom. The zero-order valence-corrected chi connectivity index (χ0v) is 18.9. The number of ketones is 1. The predicted molar refractivity (Wildman–Crippen MR) is 131 cm³/mol. The summed E-state index contributed by atoms with van der Waals surface area (Å²) in [5, 5.41) is 0. The number of anilines is 3. The van der Waals surface area contributed by atoms with Gasteiger partial charge in [-0.3, -0.25) is 4.79 Å². The van der Waals surface area contributed by atoms with Crippen molar-refractivity contribution in [1.82, 2.24) is 0 Å². The van der Waals surface area contributed by atoms with Gasteiger partial charge in [0.05, 0.1) is 11.4 Å². The standard InChI is InChI=1S/C29H25NO3/c1-29(2,3)33-23-18-14-21(15-19-23)28(31)20-12-16-22(17-13-20)30-24-8-4-6-10-26(24)32-27-11-7-5-9-25(27)30/h4-19H,1-3H3. The molecule has 0 bridgehead atoms. The van der Waals surface area contributed by atoms with Crippen molar-refractivity contribution in [3.63, 3.8) is 0 Å². The van der Waals surface area contributed by atoms with E-state index >= 15 is 0 Å². The Bertz CT molecular complexity index is 1260. The second-order valence-corrected chi connectivity index (χ2v) is 8.99. The fraction of sp³-hybridized carbons (Fsp3) is 0.138.